The van der Waals surface area contributed by atoms with Crippen molar-refractivity contribution >= 4 is 16.9 Å². The number of aliphatic hydroxyl groups excluding tert-OH is 2. The molecule has 19 heavy (non-hydrogen) atoms. The fourth-order valence-corrected chi connectivity index (χ4v) is 3.15. The minimum Gasteiger partial charge on any atom is -0.388 e. The zero-order chi connectivity index (χ0) is 14.4. The summed E-state index contributed by atoms with van der Waals surface area (Å²) in [6.07, 6.45) is -4.83. The zero-order valence-electron chi connectivity index (χ0n) is 10.7. The highest BCUT2D eigenvalue weighted by molar-refractivity contribution is 8.14. The number of nitrogens with zero attached hydrogens (tertiary/aromatic N) is 2. The van der Waals surface area contributed by atoms with Crippen LogP contribution in [0.25, 0.3) is 0 Å². The third kappa shape index (κ3) is 2.70. The van der Waals surface area contributed by atoms with Gasteiger partial charge in [-0.2, -0.15) is 0 Å². The molecule has 2 heterocycles. The van der Waals surface area contributed by atoms with Crippen molar-refractivity contribution in [2.45, 2.75) is 42.6 Å². The molecule has 5 atom stereocenters. The SMILES string of the molecule is CON(C)C1=N[C@@H]2[C@@H](O)[C@H](O)[C@@H](C(C)(F)F)O[C@@H]2S1. The summed E-state index contributed by atoms with van der Waals surface area (Å²) in [5.41, 5.74) is -0.762. The third-order valence-electron chi connectivity index (χ3n) is 3.09. The molecule has 2 rings (SSSR count). The van der Waals surface area contributed by atoms with E-state index < -0.39 is 35.7 Å². The minimum absolute atomic E-state index is 0.406. The van der Waals surface area contributed by atoms with Gasteiger partial charge in [-0.1, -0.05) is 11.8 Å². The molecule has 0 amide bonds. The number of alkyl halides is 2. The average molecular weight is 298 g/mol. The Kier molecular flexibility index (Phi) is 4.03. The number of halogens is 2. The predicted octanol–water partition coefficient (Wildman–Crippen LogP) is 0.0529. The normalized spacial score (nSPS) is 38.9. The Labute approximate surface area is 113 Å². The second-order valence-electron chi connectivity index (χ2n) is 4.56. The van der Waals surface area contributed by atoms with Gasteiger partial charge >= 0.3 is 0 Å². The number of hydrogen-bond donors (Lipinski definition) is 2. The number of aliphatic imine (C=N–C) groups is 1. The second-order valence-corrected chi connectivity index (χ2v) is 5.63. The van der Waals surface area contributed by atoms with Crippen molar-refractivity contribution in [3.8, 4) is 0 Å². The summed E-state index contributed by atoms with van der Waals surface area (Å²) in [7, 11) is 3.03. The number of ether oxygens (including phenoxy) is 1. The molecule has 0 aliphatic carbocycles. The number of rotatable bonds is 2. The molecule has 0 saturated carbocycles. The monoisotopic (exact) mass is 298 g/mol. The fourth-order valence-electron chi connectivity index (χ4n) is 2.00. The molecule has 0 radical (unpaired) electrons. The molecule has 0 bridgehead atoms. The first-order valence-electron chi connectivity index (χ1n) is 5.67. The molecule has 2 aliphatic rings. The number of thioether (sulfide) groups is 1. The van der Waals surface area contributed by atoms with Crippen molar-refractivity contribution in [3.63, 3.8) is 0 Å². The number of aliphatic hydroxyl groups is 2. The number of hydroxylamine groups is 2. The van der Waals surface area contributed by atoms with E-state index in [4.69, 9.17) is 9.57 Å². The van der Waals surface area contributed by atoms with Crippen molar-refractivity contribution in [1.82, 2.24) is 5.06 Å². The minimum atomic E-state index is -3.25. The van der Waals surface area contributed by atoms with Gasteiger partial charge in [0.15, 0.2) is 11.3 Å². The van der Waals surface area contributed by atoms with E-state index in [1.165, 1.54) is 12.2 Å². The van der Waals surface area contributed by atoms with Gasteiger partial charge in [0, 0.05) is 14.0 Å². The molecule has 1 saturated heterocycles. The van der Waals surface area contributed by atoms with E-state index in [2.05, 4.69) is 4.99 Å². The lowest BCUT2D eigenvalue weighted by Gasteiger charge is -2.40. The third-order valence-corrected chi connectivity index (χ3v) is 4.29. The van der Waals surface area contributed by atoms with Crippen LogP contribution in [-0.2, 0) is 9.57 Å². The summed E-state index contributed by atoms with van der Waals surface area (Å²) in [6, 6.07) is -0.786. The molecule has 0 unspecified atom stereocenters. The van der Waals surface area contributed by atoms with Crippen LogP contribution in [0.2, 0.25) is 0 Å². The van der Waals surface area contributed by atoms with Crippen LogP contribution in [0, 0.1) is 0 Å². The Morgan fingerprint density at radius 2 is 2.05 bits per heavy atom. The molecule has 6 nitrogen and oxygen atoms in total. The highest BCUT2D eigenvalue weighted by Gasteiger charge is 2.55. The lowest BCUT2D eigenvalue weighted by Crippen LogP contribution is -2.59. The van der Waals surface area contributed by atoms with Crippen molar-refractivity contribution in [1.29, 1.82) is 0 Å². The lowest BCUT2D eigenvalue weighted by molar-refractivity contribution is -0.226. The van der Waals surface area contributed by atoms with Crippen LogP contribution in [0.4, 0.5) is 8.78 Å². The van der Waals surface area contributed by atoms with Gasteiger partial charge in [-0.3, -0.25) is 9.83 Å². The zero-order valence-corrected chi connectivity index (χ0v) is 11.5. The molecule has 0 aromatic rings. The molecule has 1 fully saturated rings. The van der Waals surface area contributed by atoms with Crippen molar-refractivity contribution < 1.29 is 28.6 Å². The van der Waals surface area contributed by atoms with Crippen molar-refractivity contribution in [2.24, 2.45) is 4.99 Å². The van der Waals surface area contributed by atoms with Gasteiger partial charge in [-0.05, 0) is 0 Å². The van der Waals surface area contributed by atoms with E-state index in [0.717, 1.165) is 11.8 Å². The maximum atomic E-state index is 13.3. The Morgan fingerprint density at radius 1 is 1.42 bits per heavy atom. The van der Waals surface area contributed by atoms with E-state index >= 15 is 0 Å². The fraction of sp³-hybridized carbons (Fsp3) is 0.900. The van der Waals surface area contributed by atoms with Gasteiger partial charge in [0.25, 0.3) is 5.92 Å². The van der Waals surface area contributed by atoms with E-state index in [1.54, 1.807) is 7.05 Å². The largest absolute Gasteiger partial charge is 0.388 e. The first kappa shape index (κ1) is 14.9. The van der Waals surface area contributed by atoms with Gasteiger partial charge < -0.3 is 14.9 Å². The lowest BCUT2D eigenvalue weighted by atomic mass is 9.95. The van der Waals surface area contributed by atoms with Crippen molar-refractivity contribution in [3.05, 3.63) is 0 Å². The van der Waals surface area contributed by atoms with Gasteiger partial charge in [-0.15, -0.1) is 0 Å². The van der Waals surface area contributed by atoms with Crippen LogP contribution in [-0.4, -0.2) is 70.3 Å². The van der Waals surface area contributed by atoms with Crippen LogP contribution in [0.1, 0.15) is 6.92 Å². The van der Waals surface area contributed by atoms with Gasteiger partial charge in [-0.25, -0.2) is 13.8 Å². The van der Waals surface area contributed by atoms with E-state index in [-0.39, 0.29) is 0 Å². The van der Waals surface area contributed by atoms with E-state index in [9.17, 15) is 19.0 Å². The molecule has 2 aliphatic heterocycles. The molecule has 0 aromatic carbocycles. The second kappa shape index (κ2) is 5.13. The standard InChI is InChI=1S/C10H16F2N2O4S/c1-10(11,12)7-6(16)5(15)4-8(18-7)19-9(13-4)14(2)17-3/h4-8,15-16H,1-3H3/t4-,5-,6+,7+,8-/m1/s1. The summed E-state index contributed by atoms with van der Waals surface area (Å²) in [4.78, 5) is 9.06. The summed E-state index contributed by atoms with van der Waals surface area (Å²) >= 11 is 1.08. The molecular formula is C10H16F2N2O4S. The molecular weight excluding hydrogens is 282 g/mol. The molecule has 9 heteroatoms. The molecule has 110 valence electrons. The first-order chi connectivity index (χ1) is 8.75. The quantitative estimate of drug-likeness (QED) is 0.702. The van der Waals surface area contributed by atoms with Crippen LogP contribution < -0.4 is 0 Å². The van der Waals surface area contributed by atoms with E-state index in [1.807, 2.05) is 0 Å². The van der Waals surface area contributed by atoms with Crippen LogP contribution in [0.5, 0.6) is 0 Å². The Morgan fingerprint density at radius 3 is 2.58 bits per heavy atom. The summed E-state index contributed by atoms with van der Waals surface area (Å²) in [5, 5.41) is 21.4. The summed E-state index contributed by atoms with van der Waals surface area (Å²) in [5.74, 6) is -3.25. The first-order valence-corrected chi connectivity index (χ1v) is 6.55. The summed E-state index contributed by atoms with van der Waals surface area (Å²) in [6.45, 7) is 0.649. The summed E-state index contributed by atoms with van der Waals surface area (Å²) < 4.78 is 31.9. The van der Waals surface area contributed by atoms with Crippen molar-refractivity contribution in [2.75, 3.05) is 14.2 Å². The molecule has 0 spiro atoms. The van der Waals surface area contributed by atoms with Crippen LogP contribution in [0.15, 0.2) is 4.99 Å². The van der Waals surface area contributed by atoms with Crippen LogP contribution in [0.3, 0.4) is 0 Å². The highest BCUT2D eigenvalue weighted by Crippen LogP contribution is 2.40. The maximum absolute atomic E-state index is 13.3. The highest BCUT2D eigenvalue weighted by atomic mass is 32.2. The van der Waals surface area contributed by atoms with Crippen LogP contribution >= 0.6 is 11.8 Å². The Hall–Kier alpha value is -0.480. The maximum Gasteiger partial charge on any atom is 0.273 e. The number of amidine groups is 1. The molecule has 2 N–H and O–H groups in total. The Balaban J connectivity index is 2.17. The number of fused-ring (bicyclic) bond motifs is 1. The number of hydrogen-bond acceptors (Lipinski definition) is 7. The Bertz CT molecular complexity index is 379. The van der Waals surface area contributed by atoms with Gasteiger partial charge in [0.1, 0.15) is 23.7 Å². The topological polar surface area (TPSA) is 74.5 Å². The van der Waals surface area contributed by atoms with Gasteiger partial charge in [0.05, 0.1) is 7.11 Å². The predicted molar refractivity (Wildman–Crippen MR) is 64.9 cm³/mol. The molecule has 0 aromatic heterocycles. The van der Waals surface area contributed by atoms with Gasteiger partial charge in [0.2, 0.25) is 0 Å². The average Bonchev–Trinajstić information content (AvgIpc) is 2.75. The smallest absolute Gasteiger partial charge is 0.273 e. The van der Waals surface area contributed by atoms with E-state index in [0.29, 0.717) is 12.1 Å².